The molecule has 1 fully saturated rings. The maximum absolute atomic E-state index is 6.01. The van der Waals surface area contributed by atoms with Gasteiger partial charge in [-0.15, -0.1) is 11.3 Å². The molecule has 0 saturated carbocycles. The topological polar surface area (TPSA) is 42.1 Å². The van der Waals surface area contributed by atoms with Crippen molar-refractivity contribution in [3.63, 3.8) is 0 Å². The van der Waals surface area contributed by atoms with Crippen LogP contribution in [0.5, 0.6) is 0 Å². The highest BCUT2D eigenvalue weighted by atomic mass is 32.1. The van der Waals surface area contributed by atoms with E-state index in [9.17, 15) is 0 Å². The molecule has 2 N–H and O–H groups in total. The molecule has 1 aliphatic rings. The summed E-state index contributed by atoms with van der Waals surface area (Å²) >= 11 is 1.76. The summed E-state index contributed by atoms with van der Waals surface area (Å²) in [6.07, 6.45) is 2.11. The molecular formula is C11H19N3S. The van der Waals surface area contributed by atoms with Gasteiger partial charge in [0, 0.05) is 24.5 Å². The maximum Gasteiger partial charge on any atom is 0.185 e. The highest BCUT2D eigenvalue weighted by Crippen LogP contribution is 2.25. The van der Waals surface area contributed by atoms with Gasteiger partial charge in [0.05, 0.1) is 5.69 Å². The summed E-state index contributed by atoms with van der Waals surface area (Å²) in [5.41, 5.74) is 7.21. The molecular weight excluding hydrogens is 206 g/mol. The van der Waals surface area contributed by atoms with Crippen LogP contribution < -0.4 is 10.6 Å². The number of aromatic nitrogens is 1. The van der Waals surface area contributed by atoms with Gasteiger partial charge in [0.15, 0.2) is 5.13 Å². The third-order valence-electron chi connectivity index (χ3n) is 3.14. The maximum atomic E-state index is 6.01. The second-order valence-electron chi connectivity index (χ2n) is 4.35. The zero-order valence-electron chi connectivity index (χ0n) is 9.44. The van der Waals surface area contributed by atoms with Crippen LogP contribution in [-0.4, -0.2) is 24.1 Å². The molecule has 0 spiro atoms. The molecule has 15 heavy (non-hydrogen) atoms. The highest BCUT2D eigenvalue weighted by molar-refractivity contribution is 7.13. The van der Waals surface area contributed by atoms with Gasteiger partial charge in [0.25, 0.3) is 0 Å². The second-order valence-corrected chi connectivity index (χ2v) is 5.19. The third kappa shape index (κ3) is 2.32. The number of thiazole rings is 1. The summed E-state index contributed by atoms with van der Waals surface area (Å²) in [6.45, 7) is 6.48. The SMILES string of the molecule is CCc1csc(N2CCC(N)C(C)C2)n1. The molecule has 3 nitrogen and oxygen atoms in total. The van der Waals surface area contributed by atoms with Crippen molar-refractivity contribution in [2.75, 3.05) is 18.0 Å². The van der Waals surface area contributed by atoms with Crippen LogP contribution >= 0.6 is 11.3 Å². The molecule has 1 saturated heterocycles. The van der Waals surface area contributed by atoms with Gasteiger partial charge in [0.2, 0.25) is 0 Å². The Labute approximate surface area is 95.3 Å². The Morgan fingerprint density at radius 1 is 1.67 bits per heavy atom. The summed E-state index contributed by atoms with van der Waals surface area (Å²) in [7, 11) is 0. The molecule has 0 radical (unpaired) electrons. The second kappa shape index (κ2) is 4.49. The summed E-state index contributed by atoms with van der Waals surface area (Å²) in [5.74, 6) is 0.577. The Kier molecular flexibility index (Phi) is 3.26. The Morgan fingerprint density at radius 3 is 3.07 bits per heavy atom. The Morgan fingerprint density at radius 2 is 2.47 bits per heavy atom. The van der Waals surface area contributed by atoms with Crippen molar-refractivity contribution in [3.05, 3.63) is 11.1 Å². The van der Waals surface area contributed by atoms with Crippen molar-refractivity contribution in [2.45, 2.75) is 32.7 Å². The molecule has 2 heterocycles. The van der Waals surface area contributed by atoms with Crippen molar-refractivity contribution in [1.29, 1.82) is 0 Å². The van der Waals surface area contributed by atoms with E-state index in [0.717, 1.165) is 25.9 Å². The number of rotatable bonds is 2. The molecule has 2 atom stereocenters. The van der Waals surface area contributed by atoms with Crippen LogP contribution in [0.4, 0.5) is 5.13 Å². The van der Waals surface area contributed by atoms with Crippen molar-refractivity contribution in [2.24, 2.45) is 11.7 Å². The van der Waals surface area contributed by atoms with E-state index in [4.69, 9.17) is 5.73 Å². The summed E-state index contributed by atoms with van der Waals surface area (Å²) in [6, 6.07) is 0.367. The van der Waals surface area contributed by atoms with Crippen molar-refractivity contribution >= 4 is 16.5 Å². The van der Waals surface area contributed by atoms with Crippen molar-refractivity contribution < 1.29 is 0 Å². The van der Waals surface area contributed by atoms with Crippen LogP contribution in [0.2, 0.25) is 0 Å². The Bertz CT molecular complexity index is 323. The summed E-state index contributed by atoms with van der Waals surface area (Å²) in [4.78, 5) is 6.99. The average Bonchev–Trinajstić information content (AvgIpc) is 2.70. The van der Waals surface area contributed by atoms with Crippen LogP contribution in [0.1, 0.15) is 26.0 Å². The van der Waals surface area contributed by atoms with E-state index >= 15 is 0 Å². The number of piperidine rings is 1. The number of hydrogen-bond donors (Lipinski definition) is 1. The summed E-state index contributed by atoms with van der Waals surface area (Å²) < 4.78 is 0. The van der Waals surface area contributed by atoms with Crippen molar-refractivity contribution in [3.8, 4) is 0 Å². The smallest absolute Gasteiger partial charge is 0.185 e. The number of nitrogens with zero attached hydrogens (tertiary/aromatic N) is 2. The van der Waals surface area contributed by atoms with Crippen LogP contribution in [-0.2, 0) is 6.42 Å². The van der Waals surface area contributed by atoms with Gasteiger partial charge in [-0.2, -0.15) is 0 Å². The standard InChI is InChI=1S/C11H19N3S/c1-3-9-7-15-11(13-9)14-5-4-10(12)8(2)6-14/h7-8,10H,3-6,12H2,1-2H3. The molecule has 0 bridgehead atoms. The lowest BCUT2D eigenvalue weighted by Crippen LogP contribution is -2.45. The summed E-state index contributed by atoms with van der Waals surface area (Å²) in [5, 5.41) is 3.33. The lowest BCUT2D eigenvalue weighted by molar-refractivity contribution is 0.382. The molecule has 0 amide bonds. The van der Waals surface area contributed by atoms with Crippen LogP contribution in [0.3, 0.4) is 0 Å². The first kappa shape index (κ1) is 10.9. The zero-order valence-corrected chi connectivity index (χ0v) is 10.3. The molecule has 1 aromatic heterocycles. The monoisotopic (exact) mass is 225 g/mol. The third-order valence-corrected chi connectivity index (χ3v) is 4.09. The number of anilines is 1. The lowest BCUT2D eigenvalue weighted by Gasteiger charge is -2.34. The van der Waals surface area contributed by atoms with Gasteiger partial charge < -0.3 is 10.6 Å². The van der Waals surface area contributed by atoms with Gasteiger partial charge in [-0.25, -0.2) is 4.98 Å². The minimum absolute atomic E-state index is 0.367. The van der Waals surface area contributed by atoms with E-state index in [0.29, 0.717) is 12.0 Å². The largest absolute Gasteiger partial charge is 0.348 e. The van der Waals surface area contributed by atoms with E-state index in [-0.39, 0.29) is 0 Å². The molecule has 84 valence electrons. The number of nitrogens with two attached hydrogens (primary N) is 1. The Balaban J connectivity index is 2.05. The predicted octanol–water partition coefficient (Wildman–Crippen LogP) is 1.88. The highest BCUT2D eigenvalue weighted by Gasteiger charge is 2.24. The molecule has 0 aromatic carbocycles. The fraction of sp³-hybridized carbons (Fsp3) is 0.727. The molecule has 0 aliphatic carbocycles. The van der Waals surface area contributed by atoms with Crippen LogP contribution in [0, 0.1) is 5.92 Å². The van der Waals surface area contributed by atoms with E-state index in [1.807, 2.05) is 0 Å². The first-order valence-corrected chi connectivity index (χ1v) is 6.53. The fourth-order valence-electron chi connectivity index (χ4n) is 1.94. The van der Waals surface area contributed by atoms with E-state index in [1.165, 1.54) is 10.8 Å². The first-order chi connectivity index (χ1) is 7.20. The average molecular weight is 225 g/mol. The predicted molar refractivity (Wildman–Crippen MR) is 65.5 cm³/mol. The molecule has 1 aromatic rings. The van der Waals surface area contributed by atoms with Gasteiger partial charge in [-0.3, -0.25) is 0 Å². The number of hydrogen-bond acceptors (Lipinski definition) is 4. The van der Waals surface area contributed by atoms with Crippen LogP contribution in [0.25, 0.3) is 0 Å². The minimum atomic E-state index is 0.367. The van der Waals surface area contributed by atoms with Crippen molar-refractivity contribution in [1.82, 2.24) is 4.98 Å². The van der Waals surface area contributed by atoms with Crippen LogP contribution in [0.15, 0.2) is 5.38 Å². The van der Waals surface area contributed by atoms with E-state index in [1.54, 1.807) is 11.3 Å². The lowest BCUT2D eigenvalue weighted by atomic mass is 9.95. The van der Waals surface area contributed by atoms with E-state index < -0.39 is 0 Å². The van der Waals surface area contributed by atoms with Gasteiger partial charge in [0.1, 0.15) is 0 Å². The van der Waals surface area contributed by atoms with Gasteiger partial charge >= 0.3 is 0 Å². The van der Waals surface area contributed by atoms with Gasteiger partial charge in [-0.05, 0) is 18.8 Å². The van der Waals surface area contributed by atoms with E-state index in [2.05, 4.69) is 29.1 Å². The quantitative estimate of drug-likeness (QED) is 0.835. The minimum Gasteiger partial charge on any atom is -0.348 e. The number of aryl methyl sites for hydroxylation is 1. The molecule has 2 rings (SSSR count). The molecule has 2 unspecified atom stereocenters. The Hall–Kier alpha value is -0.610. The van der Waals surface area contributed by atoms with Gasteiger partial charge in [-0.1, -0.05) is 13.8 Å². The first-order valence-electron chi connectivity index (χ1n) is 5.65. The molecule has 1 aliphatic heterocycles. The molecule has 4 heteroatoms. The fourth-order valence-corrected chi connectivity index (χ4v) is 2.89. The zero-order chi connectivity index (χ0) is 10.8. The normalized spacial score (nSPS) is 27.0.